The summed E-state index contributed by atoms with van der Waals surface area (Å²) in [5, 5.41) is 10.5. The standard InChI is InChI=1S/C16H19N3O2/c20-15-13-10-6-5-9-12(13)14(18-19-15)16(21)17-11-7-3-1-2-4-8-11/h5-6,9-11H,1-4,7-8H2,(H,17,21)(H,19,20). The Morgan fingerprint density at radius 3 is 2.48 bits per heavy atom. The number of nitrogens with zero attached hydrogens (tertiary/aromatic N) is 1. The highest BCUT2D eigenvalue weighted by Gasteiger charge is 2.19. The summed E-state index contributed by atoms with van der Waals surface area (Å²) in [6.07, 6.45) is 6.84. The molecule has 5 nitrogen and oxygen atoms in total. The smallest absolute Gasteiger partial charge is 0.272 e. The molecule has 1 aromatic carbocycles. The first-order chi connectivity index (χ1) is 10.3. The van der Waals surface area contributed by atoms with Crippen LogP contribution >= 0.6 is 0 Å². The third-order valence-electron chi connectivity index (χ3n) is 4.10. The van der Waals surface area contributed by atoms with Crippen molar-refractivity contribution in [2.24, 2.45) is 0 Å². The van der Waals surface area contributed by atoms with Gasteiger partial charge in [-0.15, -0.1) is 0 Å². The molecule has 0 saturated heterocycles. The lowest BCUT2D eigenvalue weighted by Gasteiger charge is -2.16. The van der Waals surface area contributed by atoms with Gasteiger partial charge >= 0.3 is 0 Å². The van der Waals surface area contributed by atoms with Crippen LogP contribution in [0.15, 0.2) is 29.1 Å². The normalized spacial score (nSPS) is 16.6. The zero-order chi connectivity index (χ0) is 14.7. The SMILES string of the molecule is O=C(NC1CCCCCC1)c1n[nH]c(=O)c2ccccc12. The Kier molecular flexibility index (Phi) is 3.99. The van der Waals surface area contributed by atoms with Crippen LogP contribution < -0.4 is 10.9 Å². The Morgan fingerprint density at radius 1 is 1.10 bits per heavy atom. The number of hydrogen-bond donors (Lipinski definition) is 2. The number of benzene rings is 1. The van der Waals surface area contributed by atoms with Gasteiger partial charge in [0.2, 0.25) is 0 Å². The second-order valence-corrected chi connectivity index (χ2v) is 5.61. The molecule has 2 N–H and O–H groups in total. The third kappa shape index (κ3) is 2.96. The minimum Gasteiger partial charge on any atom is -0.348 e. The lowest BCUT2D eigenvalue weighted by molar-refractivity contribution is 0.0929. The molecule has 1 aliphatic carbocycles. The maximum absolute atomic E-state index is 12.5. The number of aromatic amines is 1. The van der Waals surface area contributed by atoms with E-state index < -0.39 is 0 Å². The van der Waals surface area contributed by atoms with E-state index in [1.165, 1.54) is 12.8 Å². The van der Waals surface area contributed by atoms with Crippen molar-refractivity contribution in [2.75, 3.05) is 0 Å². The lowest BCUT2D eigenvalue weighted by Crippen LogP contribution is -2.35. The van der Waals surface area contributed by atoms with Crippen molar-refractivity contribution in [3.63, 3.8) is 0 Å². The molecular formula is C16H19N3O2. The second-order valence-electron chi connectivity index (χ2n) is 5.61. The van der Waals surface area contributed by atoms with E-state index in [0.29, 0.717) is 16.5 Å². The highest BCUT2D eigenvalue weighted by atomic mass is 16.2. The van der Waals surface area contributed by atoms with E-state index in [4.69, 9.17) is 0 Å². The van der Waals surface area contributed by atoms with Gasteiger partial charge in [0.25, 0.3) is 11.5 Å². The summed E-state index contributed by atoms with van der Waals surface area (Å²) in [5.41, 5.74) is 0.0334. The number of nitrogens with one attached hydrogen (secondary N) is 2. The molecule has 0 unspecified atom stereocenters. The number of carbonyl (C=O) groups excluding carboxylic acids is 1. The van der Waals surface area contributed by atoms with Crippen molar-refractivity contribution in [1.82, 2.24) is 15.5 Å². The maximum atomic E-state index is 12.5. The van der Waals surface area contributed by atoms with Crippen LogP contribution in [0.4, 0.5) is 0 Å². The minimum absolute atomic E-state index is 0.200. The van der Waals surface area contributed by atoms with Crippen molar-refractivity contribution < 1.29 is 4.79 Å². The van der Waals surface area contributed by atoms with Crippen molar-refractivity contribution in [1.29, 1.82) is 0 Å². The number of hydrogen-bond acceptors (Lipinski definition) is 3. The zero-order valence-electron chi connectivity index (χ0n) is 11.9. The summed E-state index contributed by atoms with van der Waals surface area (Å²) in [6.45, 7) is 0. The lowest BCUT2D eigenvalue weighted by atomic mass is 10.1. The molecule has 1 saturated carbocycles. The molecule has 0 aliphatic heterocycles. The average molecular weight is 285 g/mol. The topological polar surface area (TPSA) is 74.8 Å². The van der Waals surface area contributed by atoms with Gasteiger partial charge in [-0.05, 0) is 18.9 Å². The van der Waals surface area contributed by atoms with Gasteiger partial charge in [-0.2, -0.15) is 5.10 Å². The Labute approximate surface area is 122 Å². The van der Waals surface area contributed by atoms with Crippen molar-refractivity contribution in [3.8, 4) is 0 Å². The second kappa shape index (κ2) is 6.08. The highest BCUT2D eigenvalue weighted by molar-refractivity contribution is 6.04. The molecule has 5 heteroatoms. The van der Waals surface area contributed by atoms with Crippen molar-refractivity contribution >= 4 is 16.7 Å². The Balaban J connectivity index is 1.87. The van der Waals surface area contributed by atoms with Gasteiger partial charge < -0.3 is 5.32 Å². The molecule has 0 atom stereocenters. The van der Waals surface area contributed by atoms with Gasteiger partial charge in [0.1, 0.15) is 0 Å². The van der Waals surface area contributed by atoms with E-state index in [1.54, 1.807) is 18.2 Å². The molecular weight excluding hydrogens is 266 g/mol. The van der Waals surface area contributed by atoms with Crippen LogP contribution in [-0.2, 0) is 0 Å². The average Bonchev–Trinajstić information content (AvgIpc) is 2.76. The number of carbonyl (C=O) groups is 1. The van der Waals surface area contributed by atoms with Gasteiger partial charge in [0.15, 0.2) is 5.69 Å². The van der Waals surface area contributed by atoms with Crippen LogP contribution in [0.25, 0.3) is 10.8 Å². The van der Waals surface area contributed by atoms with Crippen molar-refractivity contribution in [2.45, 2.75) is 44.6 Å². The molecule has 3 rings (SSSR count). The molecule has 1 fully saturated rings. The van der Waals surface area contributed by atoms with Crippen LogP contribution in [-0.4, -0.2) is 22.1 Å². The summed E-state index contributed by atoms with van der Waals surface area (Å²) < 4.78 is 0. The van der Waals surface area contributed by atoms with Gasteiger partial charge in [0, 0.05) is 11.4 Å². The Morgan fingerprint density at radius 2 is 1.76 bits per heavy atom. The number of rotatable bonds is 2. The van der Waals surface area contributed by atoms with E-state index in [9.17, 15) is 9.59 Å². The molecule has 0 bridgehead atoms. The summed E-state index contributed by atoms with van der Waals surface area (Å²) in [5.74, 6) is -0.200. The molecule has 1 aromatic heterocycles. The fraction of sp³-hybridized carbons (Fsp3) is 0.438. The van der Waals surface area contributed by atoms with E-state index >= 15 is 0 Å². The number of aromatic nitrogens is 2. The molecule has 0 radical (unpaired) electrons. The largest absolute Gasteiger partial charge is 0.348 e. The van der Waals surface area contributed by atoms with Crippen molar-refractivity contribution in [3.05, 3.63) is 40.3 Å². The highest BCUT2D eigenvalue weighted by Crippen LogP contribution is 2.18. The minimum atomic E-state index is -0.267. The van der Waals surface area contributed by atoms with Gasteiger partial charge in [-0.1, -0.05) is 43.9 Å². The van der Waals surface area contributed by atoms with E-state index in [-0.39, 0.29) is 17.5 Å². The first-order valence-corrected chi connectivity index (χ1v) is 7.54. The van der Waals surface area contributed by atoms with Crippen LogP contribution in [0.3, 0.4) is 0 Å². The predicted molar refractivity (Wildman–Crippen MR) is 81.3 cm³/mol. The number of H-pyrrole nitrogens is 1. The van der Waals surface area contributed by atoms with E-state index in [1.807, 2.05) is 6.07 Å². The fourth-order valence-electron chi connectivity index (χ4n) is 2.97. The summed E-state index contributed by atoms with van der Waals surface area (Å²) in [4.78, 5) is 24.2. The molecule has 1 amide bonds. The fourth-order valence-corrected chi connectivity index (χ4v) is 2.97. The predicted octanol–water partition coefficient (Wildman–Crippen LogP) is 2.38. The summed E-state index contributed by atoms with van der Waals surface area (Å²) in [6, 6.07) is 7.28. The molecule has 0 spiro atoms. The first-order valence-electron chi connectivity index (χ1n) is 7.54. The van der Waals surface area contributed by atoms with Crippen LogP contribution in [0.5, 0.6) is 0 Å². The molecule has 110 valence electrons. The summed E-state index contributed by atoms with van der Waals surface area (Å²) in [7, 11) is 0. The number of fused-ring (bicyclic) bond motifs is 1. The van der Waals surface area contributed by atoms with Gasteiger partial charge in [-0.25, -0.2) is 5.10 Å². The van der Waals surface area contributed by atoms with Crippen LogP contribution in [0, 0.1) is 0 Å². The van der Waals surface area contributed by atoms with Gasteiger partial charge in [-0.3, -0.25) is 9.59 Å². The van der Waals surface area contributed by atoms with Gasteiger partial charge in [0.05, 0.1) is 5.39 Å². The molecule has 21 heavy (non-hydrogen) atoms. The first kappa shape index (κ1) is 13.8. The Hall–Kier alpha value is -2.17. The number of amides is 1. The van der Waals surface area contributed by atoms with Crippen LogP contribution in [0.1, 0.15) is 49.0 Å². The quantitative estimate of drug-likeness (QED) is 0.832. The maximum Gasteiger partial charge on any atom is 0.272 e. The zero-order valence-corrected chi connectivity index (χ0v) is 11.9. The summed E-state index contributed by atoms with van der Waals surface area (Å²) >= 11 is 0. The third-order valence-corrected chi connectivity index (χ3v) is 4.10. The van der Waals surface area contributed by atoms with E-state index in [2.05, 4.69) is 15.5 Å². The monoisotopic (exact) mass is 285 g/mol. The van der Waals surface area contributed by atoms with Crippen LogP contribution in [0.2, 0.25) is 0 Å². The molecule has 2 aromatic rings. The van der Waals surface area contributed by atoms with E-state index in [0.717, 1.165) is 25.7 Å². The Bertz CT molecular complexity index is 700. The molecule has 1 aliphatic rings. The molecule has 1 heterocycles.